The number of halogens is 2. The van der Waals surface area contributed by atoms with Gasteiger partial charge in [-0.15, -0.1) is 0 Å². The summed E-state index contributed by atoms with van der Waals surface area (Å²) < 4.78 is 24.1. The minimum atomic E-state index is -2.56. The van der Waals surface area contributed by atoms with Gasteiger partial charge in [0.15, 0.2) is 11.5 Å². The maximum Gasteiger partial charge on any atom is 0.358 e. The van der Waals surface area contributed by atoms with Crippen molar-refractivity contribution in [3.8, 4) is 0 Å². The Morgan fingerprint density at radius 1 is 1.53 bits per heavy atom. The van der Waals surface area contributed by atoms with Crippen LogP contribution in [0.2, 0.25) is 0 Å². The lowest BCUT2D eigenvalue weighted by Crippen LogP contribution is -2.27. The molecule has 1 heterocycles. The van der Waals surface area contributed by atoms with Crippen molar-refractivity contribution >= 4 is 11.8 Å². The lowest BCUT2D eigenvalue weighted by atomic mass is 10.4. The minimum Gasteiger partial charge on any atom is -0.476 e. The van der Waals surface area contributed by atoms with Crippen LogP contribution in [0.15, 0.2) is 12.4 Å². The first-order valence-corrected chi connectivity index (χ1v) is 4.06. The number of alkyl halides is 2. The summed E-state index contributed by atoms with van der Waals surface area (Å²) in [5, 5.41) is 8.73. The van der Waals surface area contributed by atoms with Crippen molar-refractivity contribution < 1.29 is 18.7 Å². The number of rotatable bonds is 4. The third-order valence-electron chi connectivity index (χ3n) is 1.65. The van der Waals surface area contributed by atoms with Crippen molar-refractivity contribution in [2.75, 3.05) is 18.5 Å². The third-order valence-corrected chi connectivity index (χ3v) is 1.65. The summed E-state index contributed by atoms with van der Waals surface area (Å²) in [6, 6.07) is 0. The van der Waals surface area contributed by atoms with E-state index < -0.39 is 18.9 Å². The molecule has 1 aromatic heterocycles. The molecule has 0 bridgehead atoms. The molecule has 15 heavy (non-hydrogen) atoms. The first-order chi connectivity index (χ1) is 7.02. The van der Waals surface area contributed by atoms with Crippen molar-refractivity contribution in [2.24, 2.45) is 0 Å². The van der Waals surface area contributed by atoms with Crippen molar-refractivity contribution in [2.45, 2.75) is 6.43 Å². The Morgan fingerprint density at radius 2 is 2.13 bits per heavy atom. The maximum absolute atomic E-state index is 12.1. The van der Waals surface area contributed by atoms with E-state index >= 15 is 0 Å². The minimum absolute atomic E-state index is 0.0645. The Bertz CT molecular complexity index is 359. The fraction of sp³-hybridized carbons (Fsp3) is 0.375. The molecular formula is C8H9F2N3O2. The van der Waals surface area contributed by atoms with Crippen molar-refractivity contribution in [3.05, 3.63) is 18.1 Å². The molecule has 82 valence electrons. The number of hydrogen-bond acceptors (Lipinski definition) is 4. The average Bonchev–Trinajstić information content (AvgIpc) is 2.16. The van der Waals surface area contributed by atoms with E-state index in [1.807, 2.05) is 0 Å². The molecular weight excluding hydrogens is 208 g/mol. The number of carboxylic acid groups (broad SMARTS) is 1. The number of nitrogens with zero attached hydrogens (tertiary/aromatic N) is 3. The molecule has 1 aromatic rings. The smallest absolute Gasteiger partial charge is 0.358 e. The number of aromatic carboxylic acids is 1. The molecule has 1 N–H and O–H groups in total. The van der Waals surface area contributed by atoms with Crippen LogP contribution < -0.4 is 4.90 Å². The zero-order valence-corrected chi connectivity index (χ0v) is 7.89. The maximum atomic E-state index is 12.1. The van der Waals surface area contributed by atoms with E-state index in [4.69, 9.17) is 5.11 Å². The van der Waals surface area contributed by atoms with E-state index in [0.29, 0.717) is 0 Å². The summed E-state index contributed by atoms with van der Waals surface area (Å²) in [7, 11) is 1.34. The topological polar surface area (TPSA) is 66.3 Å². The Kier molecular flexibility index (Phi) is 3.48. The number of aromatic nitrogens is 2. The van der Waals surface area contributed by atoms with Gasteiger partial charge in [0, 0.05) is 19.4 Å². The predicted octanol–water partition coefficient (Wildman–Crippen LogP) is 0.876. The summed E-state index contributed by atoms with van der Waals surface area (Å²) in [5.74, 6) is -1.36. The summed E-state index contributed by atoms with van der Waals surface area (Å²) in [5.41, 5.74) is -0.333. The van der Waals surface area contributed by atoms with Gasteiger partial charge in [-0.3, -0.25) is 0 Å². The second-order valence-corrected chi connectivity index (χ2v) is 2.81. The summed E-state index contributed by atoms with van der Waals surface area (Å²) in [4.78, 5) is 19.0. The Morgan fingerprint density at radius 3 is 2.67 bits per heavy atom. The van der Waals surface area contributed by atoms with Crippen LogP contribution in [0.4, 0.5) is 14.6 Å². The molecule has 0 amide bonds. The molecule has 0 atom stereocenters. The fourth-order valence-corrected chi connectivity index (χ4v) is 1.05. The predicted molar refractivity (Wildman–Crippen MR) is 48.3 cm³/mol. The Balaban J connectivity index is 2.97. The van der Waals surface area contributed by atoms with Gasteiger partial charge in [-0.1, -0.05) is 0 Å². The van der Waals surface area contributed by atoms with E-state index in [-0.39, 0.29) is 11.5 Å². The summed E-state index contributed by atoms with van der Waals surface area (Å²) >= 11 is 0. The van der Waals surface area contributed by atoms with E-state index in [0.717, 1.165) is 4.90 Å². The van der Waals surface area contributed by atoms with E-state index in [2.05, 4.69) is 9.97 Å². The van der Waals surface area contributed by atoms with Crippen molar-refractivity contribution in [1.29, 1.82) is 0 Å². The normalized spacial score (nSPS) is 10.4. The first kappa shape index (κ1) is 11.3. The van der Waals surface area contributed by atoms with Crippen molar-refractivity contribution in [3.63, 3.8) is 0 Å². The molecule has 0 radical (unpaired) electrons. The van der Waals surface area contributed by atoms with Crippen LogP contribution in [0.1, 0.15) is 10.5 Å². The van der Waals surface area contributed by atoms with Crippen LogP contribution in [-0.4, -0.2) is 41.1 Å². The quantitative estimate of drug-likeness (QED) is 0.810. The molecule has 0 aliphatic rings. The lowest BCUT2D eigenvalue weighted by Gasteiger charge is -2.18. The molecule has 0 aliphatic heterocycles. The highest BCUT2D eigenvalue weighted by Gasteiger charge is 2.18. The van der Waals surface area contributed by atoms with E-state index in [1.165, 1.54) is 19.4 Å². The molecule has 0 aromatic carbocycles. The monoisotopic (exact) mass is 217 g/mol. The van der Waals surface area contributed by atoms with Gasteiger partial charge >= 0.3 is 5.97 Å². The molecule has 5 nitrogen and oxygen atoms in total. The highest BCUT2D eigenvalue weighted by Crippen LogP contribution is 2.14. The van der Waals surface area contributed by atoms with Gasteiger partial charge in [0.25, 0.3) is 6.43 Å². The molecule has 0 saturated heterocycles. The summed E-state index contributed by atoms with van der Waals surface area (Å²) in [6.07, 6.45) is -0.106. The molecule has 0 aliphatic carbocycles. The zero-order chi connectivity index (χ0) is 11.4. The van der Waals surface area contributed by atoms with Crippen LogP contribution in [-0.2, 0) is 0 Å². The van der Waals surface area contributed by atoms with Crippen LogP contribution in [0.25, 0.3) is 0 Å². The fourth-order valence-electron chi connectivity index (χ4n) is 1.05. The SMILES string of the molecule is CN(CC(F)F)c1nccnc1C(=O)O. The molecule has 0 unspecified atom stereocenters. The number of anilines is 1. The van der Waals surface area contributed by atoms with Crippen LogP contribution >= 0.6 is 0 Å². The molecule has 0 saturated carbocycles. The van der Waals surface area contributed by atoms with Crippen LogP contribution in [0, 0.1) is 0 Å². The largest absolute Gasteiger partial charge is 0.476 e. The highest BCUT2D eigenvalue weighted by atomic mass is 19.3. The number of carbonyl (C=O) groups is 1. The van der Waals surface area contributed by atoms with Gasteiger partial charge in [-0.2, -0.15) is 0 Å². The van der Waals surface area contributed by atoms with Crippen LogP contribution in [0.3, 0.4) is 0 Å². The molecule has 0 fully saturated rings. The Labute approximate surface area is 84.4 Å². The van der Waals surface area contributed by atoms with Gasteiger partial charge in [0.1, 0.15) is 0 Å². The first-order valence-electron chi connectivity index (χ1n) is 4.06. The van der Waals surface area contributed by atoms with Gasteiger partial charge in [-0.05, 0) is 0 Å². The van der Waals surface area contributed by atoms with Gasteiger partial charge in [0.05, 0.1) is 6.54 Å². The van der Waals surface area contributed by atoms with Gasteiger partial charge in [-0.25, -0.2) is 23.5 Å². The Hall–Kier alpha value is -1.79. The van der Waals surface area contributed by atoms with Gasteiger partial charge < -0.3 is 10.0 Å². The van der Waals surface area contributed by atoms with E-state index in [9.17, 15) is 13.6 Å². The van der Waals surface area contributed by atoms with Crippen LogP contribution in [0.5, 0.6) is 0 Å². The summed E-state index contributed by atoms with van der Waals surface area (Å²) in [6.45, 7) is -0.584. The molecule has 7 heteroatoms. The highest BCUT2D eigenvalue weighted by molar-refractivity contribution is 5.90. The second kappa shape index (κ2) is 4.63. The second-order valence-electron chi connectivity index (χ2n) is 2.81. The lowest BCUT2D eigenvalue weighted by molar-refractivity contribution is 0.0690. The number of hydrogen-bond donors (Lipinski definition) is 1. The average molecular weight is 217 g/mol. The third kappa shape index (κ3) is 2.83. The zero-order valence-electron chi connectivity index (χ0n) is 7.89. The van der Waals surface area contributed by atoms with E-state index in [1.54, 1.807) is 0 Å². The molecule has 1 rings (SSSR count). The van der Waals surface area contributed by atoms with Gasteiger partial charge in [0.2, 0.25) is 0 Å². The molecule has 0 spiro atoms. The number of carboxylic acids is 1. The van der Waals surface area contributed by atoms with Crippen molar-refractivity contribution in [1.82, 2.24) is 9.97 Å². The standard InChI is InChI=1S/C8H9F2N3O2/c1-13(4-5(9)10)7-6(8(14)15)11-2-3-12-7/h2-3,5H,4H2,1H3,(H,14,15).